The number of urea groups is 2. The van der Waals surface area contributed by atoms with Gasteiger partial charge < -0.3 is 26.0 Å². The minimum absolute atomic E-state index is 0.0774. The Hall–Kier alpha value is -3.99. The van der Waals surface area contributed by atoms with Crippen molar-refractivity contribution in [2.45, 2.75) is 118 Å². The molecule has 2 heterocycles. The molecule has 2 aromatic carbocycles. The van der Waals surface area contributed by atoms with E-state index in [0.29, 0.717) is 52.6 Å². The van der Waals surface area contributed by atoms with E-state index >= 15 is 0 Å². The van der Waals surface area contributed by atoms with Gasteiger partial charge in [-0.15, -0.1) is 31.4 Å². The average molecular weight is 871 g/mol. The van der Waals surface area contributed by atoms with E-state index in [1.54, 1.807) is 27.7 Å². The lowest BCUT2D eigenvalue weighted by Crippen LogP contribution is -2.18. The molecule has 0 fully saturated rings. The Labute approximate surface area is 344 Å². The van der Waals surface area contributed by atoms with Crippen LogP contribution in [0.4, 0.5) is 21.0 Å². The SMILES string of the molecule is CC(C)(O)c1ncc(S(N)(=O)=NC(=O)Nc2c3c(cc4c2CCC4=O)CCC3)s1.CC(C)(O)c1ncc(S(N)(=O)=NC(=O)Nc2c3c(cc4c2CCC4O)CCC3)s1. The maximum atomic E-state index is 12.8. The fraction of sp³-hybridized carbons (Fsp3) is 0.447. The van der Waals surface area contributed by atoms with Crippen LogP contribution in [0.25, 0.3) is 0 Å². The van der Waals surface area contributed by atoms with Crippen molar-refractivity contribution in [3.8, 4) is 0 Å². The number of benzene rings is 2. The second kappa shape index (κ2) is 15.6. The number of carbonyl (C=O) groups excluding carboxylic acids is 3. The predicted octanol–water partition coefficient (Wildman–Crippen LogP) is 5.69. The summed E-state index contributed by atoms with van der Waals surface area (Å²) in [6, 6.07) is 2.38. The van der Waals surface area contributed by atoms with E-state index in [-0.39, 0.29) is 14.2 Å². The molecule has 58 heavy (non-hydrogen) atoms. The normalized spacial score (nSPS) is 18.8. The average Bonchev–Trinajstić information content (AvgIpc) is 3.97. The van der Waals surface area contributed by atoms with Crippen LogP contribution in [0.2, 0.25) is 0 Å². The van der Waals surface area contributed by atoms with Crippen LogP contribution < -0.4 is 20.9 Å². The van der Waals surface area contributed by atoms with E-state index in [1.165, 1.54) is 12.4 Å². The predicted molar refractivity (Wildman–Crippen MR) is 222 cm³/mol. The first-order valence-electron chi connectivity index (χ1n) is 18.8. The Morgan fingerprint density at radius 2 is 1.22 bits per heavy atom. The van der Waals surface area contributed by atoms with E-state index in [9.17, 15) is 38.1 Å². The van der Waals surface area contributed by atoms with Crippen molar-refractivity contribution < 1.29 is 38.1 Å². The summed E-state index contributed by atoms with van der Waals surface area (Å²) in [5.41, 5.74) is 6.43. The number of hydrogen-bond acceptors (Lipinski definition) is 12. The highest BCUT2D eigenvalue weighted by Crippen LogP contribution is 2.43. The monoisotopic (exact) mass is 870 g/mol. The minimum atomic E-state index is -3.52. The standard InChI is InChI=1S/C19H24N4O4S2.C19H22N4O4S2/c2*1-19(2,26)17-21-9-15(28-17)29(20,27)23-18(25)22-16-11-5-3-4-10(11)8-13-12(16)6-7-14(13)24/h8-9,14,24,26H,3-7H2,1-2H3,(H3,20,22,23,25,27);8-9,26H,3-7H2,1-2H3,(H3,20,22,23,25,27). The van der Waals surface area contributed by atoms with Gasteiger partial charge in [-0.2, -0.15) is 0 Å². The molecule has 3 atom stereocenters. The molecule has 0 bridgehead atoms. The van der Waals surface area contributed by atoms with Gasteiger partial charge in [-0.1, -0.05) is 6.07 Å². The van der Waals surface area contributed by atoms with Crippen LogP contribution in [0, 0.1) is 0 Å². The van der Waals surface area contributed by atoms with Gasteiger partial charge in [-0.3, -0.25) is 4.79 Å². The molecule has 0 saturated carbocycles. The zero-order valence-corrected chi connectivity index (χ0v) is 35.7. The lowest BCUT2D eigenvalue weighted by molar-refractivity contribution is 0.0777. The number of amides is 4. The van der Waals surface area contributed by atoms with E-state index in [2.05, 4.69) is 29.3 Å². The smallest absolute Gasteiger partial charge is 0.354 e. The van der Waals surface area contributed by atoms with Gasteiger partial charge in [0.1, 0.15) is 29.6 Å². The molecule has 0 aliphatic heterocycles. The summed E-state index contributed by atoms with van der Waals surface area (Å²) in [4.78, 5) is 45.5. The summed E-state index contributed by atoms with van der Waals surface area (Å²) in [7, 11) is -7.02. The number of fused-ring (bicyclic) bond motifs is 4. The summed E-state index contributed by atoms with van der Waals surface area (Å²) in [6.07, 6.45) is 9.68. The second-order valence-corrected chi connectivity index (χ2v) is 21.9. The quantitative estimate of drug-likeness (QED) is 0.124. The largest absolute Gasteiger partial charge is 0.388 e. The molecule has 3 unspecified atom stereocenters. The number of thiazole rings is 2. The fourth-order valence-electron chi connectivity index (χ4n) is 7.74. The molecule has 20 heteroatoms. The number of anilines is 2. The molecule has 2 aromatic heterocycles. The Bertz CT molecular complexity index is 2620. The molecule has 4 amide bonds. The van der Waals surface area contributed by atoms with E-state index in [4.69, 9.17) is 10.3 Å². The first kappa shape index (κ1) is 42.1. The topological polar surface area (TPSA) is 273 Å². The summed E-state index contributed by atoms with van der Waals surface area (Å²) < 4.78 is 33.3. The van der Waals surface area contributed by atoms with Crippen molar-refractivity contribution >= 4 is 71.7 Å². The Balaban J connectivity index is 0.000000177. The molecule has 0 radical (unpaired) electrons. The van der Waals surface area contributed by atoms with Gasteiger partial charge in [-0.05, 0) is 130 Å². The number of nitrogens with one attached hydrogen (secondary N) is 2. The second-order valence-electron chi connectivity index (χ2n) is 15.8. The highest BCUT2D eigenvalue weighted by molar-refractivity contribution is 7.94. The fourth-order valence-corrected chi connectivity index (χ4v) is 11.9. The van der Waals surface area contributed by atoms with Crippen molar-refractivity contribution in [2.24, 2.45) is 19.0 Å². The first-order chi connectivity index (χ1) is 27.1. The lowest BCUT2D eigenvalue weighted by atomic mass is 9.98. The summed E-state index contributed by atoms with van der Waals surface area (Å²) >= 11 is 1.92. The Morgan fingerprint density at radius 1 is 0.741 bits per heavy atom. The highest BCUT2D eigenvalue weighted by Gasteiger charge is 2.32. The number of nitrogens with two attached hydrogens (primary N) is 2. The minimum Gasteiger partial charge on any atom is -0.388 e. The lowest BCUT2D eigenvalue weighted by Gasteiger charge is -2.15. The number of aliphatic hydroxyl groups is 3. The van der Waals surface area contributed by atoms with Crippen molar-refractivity contribution in [3.63, 3.8) is 0 Å². The van der Waals surface area contributed by atoms with Crippen LogP contribution in [0.3, 0.4) is 0 Å². The zero-order valence-electron chi connectivity index (χ0n) is 32.4. The number of aryl methyl sites for hydroxylation is 2. The van der Waals surface area contributed by atoms with Crippen LogP contribution in [-0.2, 0) is 69.6 Å². The molecule has 310 valence electrons. The van der Waals surface area contributed by atoms with Gasteiger partial charge in [0.15, 0.2) is 25.6 Å². The molecule has 0 spiro atoms. The Kier molecular flexibility index (Phi) is 11.3. The van der Waals surface area contributed by atoms with Crippen molar-refractivity contribution in [1.82, 2.24) is 9.97 Å². The maximum absolute atomic E-state index is 12.8. The van der Waals surface area contributed by atoms with Crippen molar-refractivity contribution in [2.75, 3.05) is 10.6 Å². The third-order valence-corrected chi connectivity index (χ3v) is 16.9. The van der Waals surface area contributed by atoms with Gasteiger partial charge in [0.05, 0.1) is 18.5 Å². The van der Waals surface area contributed by atoms with Crippen LogP contribution in [-0.4, -0.2) is 51.6 Å². The van der Waals surface area contributed by atoms with E-state index in [0.717, 1.165) is 100 Å². The van der Waals surface area contributed by atoms with Crippen molar-refractivity contribution in [3.05, 3.63) is 79.0 Å². The molecular formula is C38H46N8O8S4. The van der Waals surface area contributed by atoms with Gasteiger partial charge in [0.2, 0.25) is 0 Å². The van der Waals surface area contributed by atoms with Crippen molar-refractivity contribution in [1.29, 1.82) is 0 Å². The molecule has 8 rings (SSSR count). The van der Waals surface area contributed by atoms with Gasteiger partial charge in [0.25, 0.3) is 0 Å². The number of hydrogen-bond donors (Lipinski definition) is 7. The third-order valence-electron chi connectivity index (χ3n) is 10.5. The number of ketones is 1. The Morgan fingerprint density at radius 3 is 1.71 bits per heavy atom. The maximum Gasteiger partial charge on any atom is 0.354 e. The molecule has 4 aliphatic rings. The number of Topliss-reactive ketones (excluding diaryl/α,β-unsaturated/α-hetero) is 1. The van der Waals surface area contributed by atoms with Gasteiger partial charge in [0, 0.05) is 23.4 Å². The first-order valence-corrected chi connectivity index (χ1v) is 23.6. The summed E-state index contributed by atoms with van der Waals surface area (Å²) in [6.45, 7) is 6.22. The van der Waals surface area contributed by atoms with E-state index in [1.807, 2.05) is 12.1 Å². The molecule has 4 aromatic rings. The molecule has 4 aliphatic carbocycles. The van der Waals surface area contributed by atoms with Crippen LogP contribution in [0.15, 0.2) is 41.7 Å². The van der Waals surface area contributed by atoms with Gasteiger partial charge >= 0.3 is 12.1 Å². The van der Waals surface area contributed by atoms with Gasteiger partial charge in [-0.25, -0.2) is 38.3 Å². The van der Waals surface area contributed by atoms with Crippen LogP contribution in [0.1, 0.15) is 119 Å². The number of nitrogens with zero attached hydrogens (tertiary/aromatic N) is 4. The number of aromatic nitrogens is 2. The molecule has 9 N–H and O–H groups in total. The molecule has 16 nitrogen and oxygen atoms in total. The highest BCUT2D eigenvalue weighted by atomic mass is 32.2. The number of carbonyl (C=O) groups is 3. The summed E-state index contributed by atoms with van der Waals surface area (Å²) in [5, 5.41) is 48.2. The van der Waals surface area contributed by atoms with Crippen LogP contribution >= 0.6 is 22.7 Å². The van der Waals surface area contributed by atoms with E-state index < -0.39 is 49.2 Å². The van der Waals surface area contributed by atoms with Crippen LogP contribution in [0.5, 0.6) is 0 Å². The molecular weight excluding hydrogens is 825 g/mol. The third kappa shape index (κ3) is 8.52. The number of rotatable bonds is 6. The zero-order chi connectivity index (χ0) is 41.9. The number of aliphatic hydroxyl groups excluding tert-OH is 1. The molecule has 0 saturated heterocycles. The summed E-state index contributed by atoms with van der Waals surface area (Å²) in [5.74, 6) is 0.0774.